The Bertz CT molecular complexity index is 574. The van der Waals surface area contributed by atoms with Crippen LogP contribution in [0.15, 0.2) is 18.2 Å². The van der Waals surface area contributed by atoms with Gasteiger partial charge in [-0.3, -0.25) is 4.79 Å². The number of amides is 2. The number of likely N-dealkylation sites (tertiary alicyclic amines) is 1. The second-order valence-electron chi connectivity index (χ2n) is 5.12. The standard InChI is InChI=1S/C14H16N2O5/c17-13(18)9-2-1-5-16(7-9)14(19)15-10-3-4-11-12(6-10)21-8-20-11/h3-4,6,9H,1-2,5,7-8H2,(H,15,19)(H,17,18)/t9-/m0/s1. The number of rotatable bonds is 2. The fourth-order valence-corrected chi connectivity index (χ4v) is 2.54. The number of hydrogen-bond donors (Lipinski definition) is 2. The Morgan fingerprint density at radius 3 is 2.90 bits per heavy atom. The molecule has 0 bridgehead atoms. The lowest BCUT2D eigenvalue weighted by Gasteiger charge is -2.30. The molecule has 0 saturated carbocycles. The van der Waals surface area contributed by atoms with E-state index in [9.17, 15) is 9.59 Å². The summed E-state index contributed by atoms with van der Waals surface area (Å²) in [6.45, 7) is 0.991. The zero-order valence-electron chi connectivity index (χ0n) is 11.4. The van der Waals surface area contributed by atoms with Crippen molar-refractivity contribution in [3.8, 4) is 11.5 Å². The van der Waals surface area contributed by atoms with Gasteiger partial charge in [-0.1, -0.05) is 0 Å². The summed E-state index contributed by atoms with van der Waals surface area (Å²) in [4.78, 5) is 24.7. The van der Waals surface area contributed by atoms with Gasteiger partial charge in [-0.05, 0) is 25.0 Å². The summed E-state index contributed by atoms with van der Waals surface area (Å²) in [7, 11) is 0. The molecule has 3 rings (SSSR count). The number of urea groups is 1. The lowest BCUT2D eigenvalue weighted by Crippen LogP contribution is -2.44. The third kappa shape index (κ3) is 2.86. The Morgan fingerprint density at radius 1 is 1.29 bits per heavy atom. The fourth-order valence-electron chi connectivity index (χ4n) is 2.54. The van der Waals surface area contributed by atoms with Gasteiger partial charge in [-0.2, -0.15) is 0 Å². The summed E-state index contributed by atoms with van der Waals surface area (Å²) in [5, 5.41) is 11.8. The van der Waals surface area contributed by atoms with Gasteiger partial charge in [0, 0.05) is 24.8 Å². The minimum atomic E-state index is -0.851. The fraction of sp³-hybridized carbons (Fsp3) is 0.429. The zero-order valence-corrected chi connectivity index (χ0v) is 11.4. The molecule has 1 saturated heterocycles. The number of benzene rings is 1. The van der Waals surface area contributed by atoms with E-state index >= 15 is 0 Å². The van der Waals surface area contributed by atoms with Crippen LogP contribution in [0, 0.1) is 5.92 Å². The summed E-state index contributed by atoms with van der Waals surface area (Å²) in [6, 6.07) is 4.86. The smallest absolute Gasteiger partial charge is 0.321 e. The molecule has 2 aliphatic heterocycles. The zero-order chi connectivity index (χ0) is 14.8. The quantitative estimate of drug-likeness (QED) is 0.867. The first-order valence-electron chi connectivity index (χ1n) is 6.82. The monoisotopic (exact) mass is 292 g/mol. The Morgan fingerprint density at radius 2 is 2.10 bits per heavy atom. The second kappa shape index (κ2) is 5.51. The summed E-state index contributed by atoms with van der Waals surface area (Å²) < 4.78 is 10.5. The van der Waals surface area contributed by atoms with E-state index in [1.807, 2.05) is 0 Å². The number of nitrogens with zero attached hydrogens (tertiary/aromatic N) is 1. The number of ether oxygens (including phenoxy) is 2. The highest BCUT2D eigenvalue weighted by Crippen LogP contribution is 2.34. The molecule has 7 nitrogen and oxygen atoms in total. The highest BCUT2D eigenvalue weighted by atomic mass is 16.7. The van der Waals surface area contributed by atoms with Gasteiger partial charge < -0.3 is 24.8 Å². The number of piperidine rings is 1. The Balaban J connectivity index is 1.64. The van der Waals surface area contributed by atoms with Gasteiger partial charge in [0.25, 0.3) is 0 Å². The summed E-state index contributed by atoms with van der Waals surface area (Å²) in [5.74, 6) is -0.0939. The molecule has 7 heteroatoms. The highest BCUT2D eigenvalue weighted by molar-refractivity contribution is 5.90. The number of carboxylic acid groups (broad SMARTS) is 1. The van der Waals surface area contributed by atoms with Crippen molar-refractivity contribution >= 4 is 17.7 Å². The van der Waals surface area contributed by atoms with Gasteiger partial charge in [-0.15, -0.1) is 0 Å². The molecular weight excluding hydrogens is 276 g/mol. The molecule has 0 radical (unpaired) electrons. The van der Waals surface area contributed by atoms with Crippen LogP contribution in [-0.4, -0.2) is 41.9 Å². The van der Waals surface area contributed by atoms with E-state index in [1.165, 1.54) is 4.90 Å². The summed E-state index contributed by atoms with van der Waals surface area (Å²) in [6.07, 6.45) is 1.31. The van der Waals surface area contributed by atoms with Crippen molar-refractivity contribution in [3.63, 3.8) is 0 Å². The molecule has 0 aliphatic carbocycles. The van der Waals surface area contributed by atoms with Crippen LogP contribution in [0.4, 0.5) is 10.5 Å². The number of fused-ring (bicyclic) bond motifs is 1. The van der Waals surface area contributed by atoms with Crippen LogP contribution in [0.25, 0.3) is 0 Å². The van der Waals surface area contributed by atoms with E-state index in [-0.39, 0.29) is 19.4 Å². The molecule has 0 unspecified atom stereocenters. The number of hydrogen-bond acceptors (Lipinski definition) is 4. The first-order chi connectivity index (χ1) is 10.1. The van der Waals surface area contributed by atoms with Crippen molar-refractivity contribution in [1.82, 2.24) is 4.90 Å². The third-order valence-electron chi connectivity index (χ3n) is 3.68. The molecule has 2 N–H and O–H groups in total. The molecule has 1 atom stereocenters. The average Bonchev–Trinajstić information content (AvgIpc) is 2.95. The summed E-state index contributed by atoms with van der Waals surface area (Å²) >= 11 is 0. The van der Waals surface area contributed by atoms with Crippen molar-refractivity contribution in [2.75, 3.05) is 25.2 Å². The predicted molar refractivity (Wildman–Crippen MR) is 73.5 cm³/mol. The van der Waals surface area contributed by atoms with Gasteiger partial charge in [0.05, 0.1) is 5.92 Å². The molecule has 21 heavy (non-hydrogen) atoms. The molecule has 1 aromatic rings. The van der Waals surface area contributed by atoms with Crippen molar-refractivity contribution in [2.45, 2.75) is 12.8 Å². The van der Waals surface area contributed by atoms with Crippen LogP contribution in [0.5, 0.6) is 11.5 Å². The number of carboxylic acids is 1. The number of carbonyl (C=O) groups excluding carboxylic acids is 1. The summed E-state index contributed by atoms with van der Waals surface area (Å²) in [5.41, 5.74) is 0.599. The lowest BCUT2D eigenvalue weighted by molar-refractivity contribution is -0.143. The molecule has 0 aromatic heterocycles. The van der Waals surface area contributed by atoms with Crippen LogP contribution in [0.3, 0.4) is 0 Å². The van der Waals surface area contributed by atoms with E-state index in [0.29, 0.717) is 36.6 Å². The maximum absolute atomic E-state index is 12.2. The Kier molecular flexibility index (Phi) is 3.55. The van der Waals surface area contributed by atoms with Crippen LogP contribution < -0.4 is 14.8 Å². The van der Waals surface area contributed by atoms with Gasteiger partial charge in [0.1, 0.15) is 0 Å². The molecule has 2 amide bonds. The van der Waals surface area contributed by atoms with E-state index in [2.05, 4.69) is 5.32 Å². The van der Waals surface area contributed by atoms with Gasteiger partial charge in [0.2, 0.25) is 6.79 Å². The predicted octanol–water partition coefficient (Wildman–Crippen LogP) is 1.74. The van der Waals surface area contributed by atoms with Crippen molar-refractivity contribution < 1.29 is 24.2 Å². The van der Waals surface area contributed by atoms with Crippen LogP contribution in [-0.2, 0) is 4.79 Å². The van der Waals surface area contributed by atoms with E-state index < -0.39 is 11.9 Å². The van der Waals surface area contributed by atoms with Crippen LogP contribution >= 0.6 is 0 Å². The van der Waals surface area contributed by atoms with Crippen LogP contribution in [0.1, 0.15) is 12.8 Å². The first kappa shape index (κ1) is 13.5. The van der Waals surface area contributed by atoms with Gasteiger partial charge in [0.15, 0.2) is 11.5 Å². The molecule has 1 aromatic carbocycles. The molecular formula is C14H16N2O5. The maximum Gasteiger partial charge on any atom is 0.321 e. The maximum atomic E-state index is 12.2. The van der Waals surface area contributed by atoms with Gasteiger partial charge >= 0.3 is 12.0 Å². The molecule has 1 fully saturated rings. The number of nitrogens with one attached hydrogen (secondary N) is 1. The number of anilines is 1. The second-order valence-corrected chi connectivity index (χ2v) is 5.12. The number of aliphatic carboxylic acids is 1. The van der Waals surface area contributed by atoms with Crippen molar-refractivity contribution in [3.05, 3.63) is 18.2 Å². The average molecular weight is 292 g/mol. The van der Waals surface area contributed by atoms with Crippen LogP contribution in [0.2, 0.25) is 0 Å². The molecule has 112 valence electrons. The molecule has 2 heterocycles. The van der Waals surface area contributed by atoms with Gasteiger partial charge in [-0.25, -0.2) is 4.79 Å². The lowest BCUT2D eigenvalue weighted by atomic mass is 9.99. The molecule has 2 aliphatic rings. The minimum absolute atomic E-state index is 0.180. The number of carbonyl (C=O) groups is 2. The van der Waals surface area contributed by atoms with E-state index in [0.717, 1.165) is 0 Å². The van der Waals surface area contributed by atoms with Crippen molar-refractivity contribution in [1.29, 1.82) is 0 Å². The topological polar surface area (TPSA) is 88.1 Å². The Labute approximate surface area is 121 Å². The normalized spacial score (nSPS) is 20.2. The van der Waals surface area contributed by atoms with E-state index in [1.54, 1.807) is 18.2 Å². The first-order valence-corrected chi connectivity index (χ1v) is 6.82. The van der Waals surface area contributed by atoms with Crippen molar-refractivity contribution in [2.24, 2.45) is 5.92 Å². The highest BCUT2D eigenvalue weighted by Gasteiger charge is 2.28. The minimum Gasteiger partial charge on any atom is -0.481 e. The molecule has 0 spiro atoms. The largest absolute Gasteiger partial charge is 0.481 e. The SMILES string of the molecule is O=C(O)[C@H]1CCCN(C(=O)Nc2ccc3c(c2)OCO3)C1. The Hall–Kier alpha value is -2.44. The third-order valence-corrected chi connectivity index (χ3v) is 3.68. The van der Waals surface area contributed by atoms with E-state index in [4.69, 9.17) is 14.6 Å².